The van der Waals surface area contributed by atoms with Gasteiger partial charge in [-0.25, -0.2) is 0 Å². The van der Waals surface area contributed by atoms with Crippen LogP contribution in [0, 0.1) is 0 Å². The zero-order valence-corrected chi connectivity index (χ0v) is 14.8. The molecule has 0 spiro atoms. The number of phenolic OH excluding ortho intramolecular Hbond substituents is 1. The Labute approximate surface area is 152 Å². The third kappa shape index (κ3) is 3.38. The van der Waals surface area contributed by atoms with Crippen LogP contribution >= 0.6 is 0 Å². The smallest absolute Gasteiger partial charge is 0.127 e. The van der Waals surface area contributed by atoms with Crippen LogP contribution in [0.5, 0.6) is 17.2 Å². The van der Waals surface area contributed by atoms with Crippen molar-refractivity contribution >= 4 is 16.6 Å². The van der Waals surface area contributed by atoms with Gasteiger partial charge in [0.2, 0.25) is 0 Å². The first-order chi connectivity index (χ1) is 12.7. The molecular weight excluding hydrogens is 328 g/mol. The average Bonchev–Trinajstić information content (AvgIpc) is 2.69. The summed E-state index contributed by atoms with van der Waals surface area (Å²) in [4.78, 5) is 6.64. The van der Waals surface area contributed by atoms with E-state index in [1.54, 1.807) is 13.3 Å². The number of hydrogen-bond donors (Lipinski definition) is 1. The molecule has 1 N–H and O–H groups in total. The summed E-state index contributed by atoms with van der Waals surface area (Å²) in [6, 6.07) is 15.3. The van der Waals surface area contributed by atoms with Crippen molar-refractivity contribution in [2.45, 2.75) is 18.9 Å². The number of nitrogens with zero attached hydrogens (tertiary/aromatic N) is 2. The highest BCUT2D eigenvalue weighted by Crippen LogP contribution is 2.31. The van der Waals surface area contributed by atoms with E-state index in [0.29, 0.717) is 0 Å². The number of aromatic hydroxyl groups is 1. The lowest BCUT2D eigenvalue weighted by Gasteiger charge is -2.34. The van der Waals surface area contributed by atoms with Gasteiger partial charge in [0.25, 0.3) is 0 Å². The van der Waals surface area contributed by atoms with Gasteiger partial charge in [-0.15, -0.1) is 0 Å². The Hall–Kier alpha value is -2.95. The maximum absolute atomic E-state index is 10.3. The number of phenols is 1. The SMILES string of the molecule is COc1ccc(OC2CCN(c3cc(O)c4cccnc4c3)CC2)cc1. The summed E-state index contributed by atoms with van der Waals surface area (Å²) in [5.74, 6) is 1.98. The summed E-state index contributed by atoms with van der Waals surface area (Å²) in [5, 5.41) is 11.1. The minimum atomic E-state index is 0.201. The molecule has 0 aliphatic carbocycles. The van der Waals surface area contributed by atoms with Gasteiger partial charge in [0.15, 0.2) is 0 Å². The number of anilines is 1. The Bertz CT molecular complexity index is 887. The van der Waals surface area contributed by atoms with Crippen LogP contribution < -0.4 is 14.4 Å². The molecule has 2 heterocycles. The van der Waals surface area contributed by atoms with Crippen LogP contribution in [0.1, 0.15) is 12.8 Å². The third-order valence-corrected chi connectivity index (χ3v) is 4.85. The number of benzene rings is 2. The highest BCUT2D eigenvalue weighted by Gasteiger charge is 2.21. The molecule has 1 aliphatic heterocycles. The number of pyridine rings is 1. The molecule has 0 amide bonds. The van der Waals surface area contributed by atoms with Gasteiger partial charge in [0.05, 0.1) is 12.6 Å². The summed E-state index contributed by atoms with van der Waals surface area (Å²) >= 11 is 0. The summed E-state index contributed by atoms with van der Waals surface area (Å²) < 4.78 is 11.3. The van der Waals surface area contributed by atoms with Gasteiger partial charge in [0.1, 0.15) is 23.4 Å². The lowest BCUT2D eigenvalue weighted by atomic mass is 10.1. The number of ether oxygens (including phenoxy) is 2. The van der Waals surface area contributed by atoms with E-state index in [1.165, 1.54) is 0 Å². The van der Waals surface area contributed by atoms with Crippen molar-refractivity contribution < 1.29 is 14.6 Å². The fourth-order valence-corrected chi connectivity index (χ4v) is 3.41. The minimum absolute atomic E-state index is 0.201. The van der Waals surface area contributed by atoms with Gasteiger partial charge in [-0.1, -0.05) is 0 Å². The van der Waals surface area contributed by atoms with Crippen molar-refractivity contribution in [1.29, 1.82) is 0 Å². The maximum atomic E-state index is 10.3. The molecule has 26 heavy (non-hydrogen) atoms. The second kappa shape index (κ2) is 7.12. The quantitative estimate of drug-likeness (QED) is 0.771. The van der Waals surface area contributed by atoms with Crippen molar-refractivity contribution in [3.05, 3.63) is 54.7 Å². The Kier molecular flexibility index (Phi) is 4.52. The molecule has 134 valence electrons. The van der Waals surface area contributed by atoms with Crippen LogP contribution in [0.15, 0.2) is 54.7 Å². The topological polar surface area (TPSA) is 54.8 Å². The first-order valence-electron chi connectivity index (χ1n) is 8.86. The molecule has 0 atom stereocenters. The van der Waals surface area contributed by atoms with Crippen molar-refractivity contribution in [1.82, 2.24) is 4.98 Å². The van der Waals surface area contributed by atoms with Crippen LogP contribution in [-0.4, -0.2) is 36.4 Å². The fraction of sp³-hybridized carbons (Fsp3) is 0.286. The first kappa shape index (κ1) is 16.5. The predicted octanol–water partition coefficient (Wildman–Crippen LogP) is 4.00. The summed E-state index contributed by atoms with van der Waals surface area (Å²) in [7, 11) is 1.66. The lowest BCUT2D eigenvalue weighted by Crippen LogP contribution is -2.38. The molecule has 5 nitrogen and oxygen atoms in total. The number of fused-ring (bicyclic) bond motifs is 1. The van der Waals surface area contributed by atoms with Gasteiger partial charge in [-0.2, -0.15) is 0 Å². The van der Waals surface area contributed by atoms with Gasteiger partial charge in [0, 0.05) is 49.3 Å². The number of piperidine rings is 1. The zero-order chi connectivity index (χ0) is 17.9. The van der Waals surface area contributed by atoms with Gasteiger partial charge in [-0.05, 0) is 42.5 Å². The molecule has 4 rings (SSSR count). The van der Waals surface area contributed by atoms with E-state index in [9.17, 15) is 5.11 Å². The number of methoxy groups -OCH3 is 1. The number of rotatable bonds is 4. The molecule has 5 heteroatoms. The Morgan fingerprint density at radius 1 is 1.04 bits per heavy atom. The maximum Gasteiger partial charge on any atom is 0.127 e. The first-order valence-corrected chi connectivity index (χ1v) is 8.86. The predicted molar refractivity (Wildman–Crippen MR) is 102 cm³/mol. The standard InChI is InChI=1S/C21H22N2O3/c1-25-16-4-6-17(7-5-16)26-18-8-11-23(12-9-18)15-13-20-19(21(24)14-15)3-2-10-22-20/h2-7,10,13-14,18,24H,8-9,11-12H2,1H3. The van der Waals surface area contributed by atoms with E-state index in [2.05, 4.69) is 9.88 Å². The second-order valence-electron chi connectivity index (χ2n) is 6.51. The highest BCUT2D eigenvalue weighted by atomic mass is 16.5. The van der Waals surface area contributed by atoms with E-state index in [-0.39, 0.29) is 11.9 Å². The van der Waals surface area contributed by atoms with Crippen LogP contribution in [0.25, 0.3) is 10.9 Å². The molecule has 0 unspecified atom stereocenters. The minimum Gasteiger partial charge on any atom is -0.507 e. The van der Waals surface area contributed by atoms with Crippen molar-refractivity contribution in [3.63, 3.8) is 0 Å². The largest absolute Gasteiger partial charge is 0.507 e. The molecular formula is C21H22N2O3. The van der Waals surface area contributed by atoms with Crippen LogP contribution in [0.2, 0.25) is 0 Å². The van der Waals surface area contributed by atoms with Crippen LogP contribution in [-0.2, 0) is 0 Å². The van der Waals surface area contributed by atoms with Crippen molar-refractivity contribution in [2.24, 2.45) is 0 Å². The molecule has 1 fully saturated rings. The van der Waals surface area contributed by atoms with Crippen LogP contribution in [0.3, 0.4) is 0 Å². The molecule has 1 aromatic heterocycles. The number of hydrogen-bond acceptors (Lipinski definition) is 5. The molecule has 2 aromatic carbocycles. The monoisotopic (exact) mass is 350 g/mol. The Morgan fingerprint density at radius 3 is 2.50 bits per heavy atom. The second-order valence-corrected chi connectivity index (χ2v) is 6.51. The fourth-order valence-electron chi connectivity index (χ4n) is 3.41. The molecule has 1 aliphatic rings. The molecule has 1 saturated heterocycles. The summed E-state index contributed by atoms with van der Waals surface area (Å²) in [6.45, 7) is 1.78. The molecule has 0 radical (unpaired) electrons. The molecule has 0 saturated carbocycles. The van der Waals surface area contributed by atoms with Gasteiger partial charge < -0.3 is 19.5 Å². The van der Waals surface area contributed by atoms with E-state index in [4.69, 9.17) is 9.47 Å². The third-order valence-electron chi connectivity index (χ3n) is 4.85. The summed E-state index contributed by atoms with van der Waals surface area (Å²) in [6.07, 6.45) is 3.83. The van der Waals surface area contributed by atoms with E-state index in [0.717, 1.165) is 54.0 Å². The van der Waals surface area contributed by atoms with Crippen LogP contribution in [0.4, 0.5) is 5.69 Å². The molecule has 3 aromatic rings. The number of aromatic nitrogens is 1. The van der Waals surface area contributed by atoms with Gasteiger partial charge >= 0.3 is 0 Å². The molecule has 0 bridgehead atoms. The van der Waals surface area contributed by atoms with Crippen molar-refractivity contribution in [3.8, 4) is 17.2 Å². The van der Waals surface area contributed by atoms with E-state index >= 15 is 0 Å². The summed E-state index contributed by atoms with van der Waals surface area (Å²) in [5.41, 5.74) is 1.83. The highest BCUT2D eigenvalue weighted by molar-refractivity contribution is 5.88. The Morgan fingerprint density at radius 2 is 1.77 bits per heavy atom. The van der Waals surface area contributed by atoms with E-state index < -0.39 is 0 Å². The zero-order valence-electron chi connectivity index (χ0n) is 14.8. The van der Waals surface area contributed by atoms with E-state index in [1.807, 2.05) is 48.5 Å². The van der Waals surface area contributed by atoms with Gasteiger partial charge in [-0.3, -0.25) is 4.98 Å². The lowest BCUT2D eigenvalue weighted by molar-refractivity contribution is 0.171. The van der Waals surface area contributed by atoms with Crippen molar-refractivity contribution in [2.75, 3.05) is 25.1 Å². The average molecular weight is 350 g/mol. The Balaban J connectivity index is 1.41. The normalized spacial score (nSPS) is 15.2.